The Bertz CT molecular complexity index is 1220. The number of esters is 1. The Labute approximate surface area is 160 Å². The number of ether oxygens (including phenoxy) is 1. The highest BCUT2D eigenvalue weighted by atomic mass is 35.5. The molecule has 0 radical (unpaired) electrons. The fraction of sp³-hybridized carbons (Fsp3) is 0.0952. The lowest BCUT2D eigenvalue weighted by atomic mass is 9.96. The van der Waals surface area contributed by atoms with Crippen LogP contribution in [0.4, 0.5) is 0 Å². The van der Waals surface area contributed by atoms with Crippen LogP contribution in [0.25, 0.3) is 27.8 Å². The third-order valence-electron chi connectivity index (χ3n) is 4.72. The van der Waals surface area contributed by atoms with Gasteiger partial charge in [-0.1, -0.05) is 41.9 Å². The van der Waals surface area contributed by atoms with Crippen molar-refractivity contribution in [3.63, 3.8) is 0 Å². The van der Waals surface area contributed by atoms with Gasteiger partial charge in [-0.05, 0) is 36.8 Å². The zero-order valence-corrected chi connectivity index (χ0v) is 15.2. The van der Waals surface area contributed by atoms with E-state index < -0.39 is 0 Å². The summed E-state index contributed by atoms with van der Waals surface area (Å²) < 4.78 is 7.09. The molecule has 1 aliphatic heterocycles. The molecule has 3 heterocycles. The van der Waals surface area contributed by atoms with Crippen LogP contribution >= 0.6 is 11.6 Å². The lowest BCUT2D eigenvalue weighted by molar-refractivity contribution is 0.0534. The molecule has 5 rings (SSSR count). The summed E-state index contributed by atoms with van der Waals surface area (Å²) in [6, 6.07) is 17.3. The highest BCUT2D eigenvalue weighted by Gasteiger charge is 2.31. The molecule has 0 bridgehead atoms. The van der Waals surface area contributed by atoms with Crippen LogP contribution in [0, 0.1) is 6.92 Å². The predicted molar refractivity (Wildman–Crippen MR) is 103 cm³/mol. The molecule has 27 heavy (non-hydrogen) atoms. The average Bonchev–Trinajstić information content (AvgIpc) is 3.21. The molecule has 2 aromatic carbocycles. The fourth-order valence-electron chi connectivity index (χ4n) is 3.58. The second-order valence-electron chi connectivity index (χ2n) is 6.43. The van der Waals surface area contributed by atoms with Gasteiger partial charge in [0.25, 0.3) is 0 Å². The van der Waals surface area contributed by atoms with E-state index in [0.29, 0.717) is 21.9 Å². The van der Waals surface area contributed by atoms with Gasteiger partial charge in [0.1, 0.15) is 6.61 Å². The Morgan fingerprint density at radius 3 is 2.67 bits per heavy atom. The van der Waals surface area contributed by atoms with Gasteiger partial charge in [-0.15, -0.1) is 0 Å². The average molecular weight is 376 g/mol. The fourth-order valence-corrected chi connectivity index (χ4v) is 3.77. The van der Waals surface area contributed by atoms with Gasteiger partial charge >= 0.3 is 5.97 Å². The first-order valence-corrected chi connectivity index (χ1v) is 8.92. The molecule has 1 aliphatic rings. The minimum atomic E-state index is -0.360. The molecule has 5 nitrogen and oxygen atoms in total. The molecule has 2 aromatic heterocycles. The largest absolute Gasteiger partial charge is 0.455 e. The van der Waals surface area contributed by atoms with E-state index in [2.05, 4.69) is 0 Å². The number of benzene rings is 2. The monoisotopic (exact) mass is 375 g/mol. The number of fused-ring (bicyclic) bond motifs is 2. The summed E-state index contributed by atoms with van der Waals surface area (Å²) >= 11 is 6.22. The lowest BCUT2D eigenvalue weighted by Gasteiger charge is -2.10. The normalized spacial score (nSPS) is 13.0. The van der Waals surface area contributed by atoms with Crippen molar-refractivity contribution < 1.29 is 9.53 Å². The molecule has 0 saturated carbocycles. The molecule has 0 N–H and O–H groups in total. The van der Waals surface area contributed by atoms with Crippen LogP contribution in [0.3, 0.4) is 0 Å². The van der Waals surface area contributed by atoms with Crippen molar-refractivity contribution >= 4 is 28.6 Å². The molecule has 0 amide bonds. The standard InChI is InChI=1S/C21H14ClN3O2/c1-12-17-18(13-6-5-7-14(22)10-13)19-16(11-27-21(19)26)23-20(17)25(24-12)15-8-3-2-4-9-15/h2-10H,11H2,1H3. The Morgan fingerprint density at radius 2 is 1.89 bits per heavy atom. The number of pyridine rings is 1. The van der Waals surface area contributed by atoms with Gasteiger partial charge in [-0.2, -0.15) is 5.10 Å². The van der Waals surface area contributed by atoms with E-state index in [1.54, 1.807) is 0 Å². The molecule has 0 unspecified atom stereocenters. The first kappa shape index (κ1) is 16.0. The van der Waals surface area contributed by atoms with Crippen molar-refractivity contribution in [3.8, 4) is 16.8 Å². The van der Waals surface area contributed by atoms with Crippen LogP contribution in [0.5, 0.6) is 0 Å². The van der Waals surface area contributed by atoms with Crippen molar-refractivity contribution in [1.29, 1.82) is 0 Å². The van der Waals surface area contributed by atoms with Crippen molar-refractivity contribution in [2.75, 3.05) is 0 Å². The third kappa shape index (κ3) is 2.43. The zero-order chi connectivity index (χ0) is 18.5. The van der Waals surface area contributed by atoms with E-state index >= 15 is 0 Å². The number of nitrogens with zero attached hydrogens (tertiary/aromatic N) is 3. The number of hydrogen-bond donors (Lipinski definition) is 0. The quantitative estimate of drug-likeness (QED) is 0.476. The van der Waals surface area contributed by atoms with Crippen LogP contribution in [-0.4, -0.2) is 20.7 Å². The summed E-state index contributed by atoms with van der Waals surface area (Å²) in [5.41, 5.74) is 5.15. The van der Waals surface area contributed by atoms with Gasteiger partial charge in [0.05, 0.1) is 28.0 Å². The van der Waals surface area contributed by atoms with E-state index in [4.69, 9.17) is 26.4 Å². The number of carbonyl (C=O) groups is 1. The summed E-state index contributed by atoms with van der Waals surface area (Å²) in [5.74, 6) is -0.360. The molecule has 6 heteroatoms. The summed E-state index contributed by atoms with van der Waals surface area (Å²) in [7, 11) is 0. The second-order valence-corrected chi connectivity index (χ2v) is 6.86. The van der Waals surface area contributed by atoms with Gasteiger partial charge < -0.3 is 4.74 Å². The van der Waals surface area contributed by atoms with Gasteiger partial charge in [-0.3, -0.25) is 0 Å². The van der Waals surface area contributed by atoms with E-state index in [1.165, 1.54) is 0 Å². The second kappa shape index (κ2) is 5.93. The number of halogens is 1. The zero-order valence-electron chi connectivity index (χ0n) is 14.4. The molecular formula is C21H14ClN3O2. The number of rotatable bonds is 2. The maximum atomic E-state index is 12.5. The van der Waals surface area contributed by atoms with Crippen molar-refractivity contribution in [1.82, 2.24) is 14.8 Å². The topological polar surface area (TPSA) is 57.0 Å². The van der Waals surface area contributed by atoms with E-state index in [9.17, 15) is 4.79 Å². The molecule has 0 spiro atoms. The summed E-state index contributed by atoms with van der Waals surface area (Å²) in [6.07, 6.45) is 0. The highest BCUT2D eigenvalue weighted by molar-refractivity contribution is 6.31. The van der Waals surface area contributed by atoms with Gasteiger partial charge in [0, 0.05) is 10.6 Å². The minimum absolute atomic E-state index is 0.163. The van der Waals surface area contributed by atoms with Gasteiger partial charge in [-0.25, -0.2) is 14.5 Å². The van der Waals surface area contributed by atoms with Crippen LogP contribution in [-0.2, 0) is 11.3 Å². The Balaban J connectivity index is 1.92. The summed E-state index contributed by atoms with van der Waals surface area (Å²) in [4.78, 5) is 17.2. The Kier molecular flexibility index (Phi) is 3.52. The lowest BCUT2D eigenvalue weighted by Crippen LogP contribution is -2.02. The maximum absolute atomic E-state index is 12.5. The van der Waals surface area contributed by atoms with E-state index in [0.717, 1.165) is 27.9 Å². The molecule has 0 aliphatic carbocycles. The van der Waals surface area contributed by atoms with Crippen molar-refractivity contribution in [2.45, 2.75) is 13.5 Å². The predicted octanol–water partition coefficient (Wildman–Crippen LogP) is 4.72. The molecule has 132 valence electrons. The van der Waals surface area contributed by atoms with Crippen molar-refractivity contribution in [3.05, 3.63) is 76.6 Å². The van der Waals surface area contributed by atoms with Crippen LogP contribution in [0.1, 0.15) is 21.7 Å². The molecule has 0 atom stereocenters. The number of carbonyl (C=O) groups excluding carboxylic acids is 1. The van der Waals surface area contributed by atoms with Crippen LogP contribution in [0.15, 0.2) is 54.6 Å². The van der Waals surface area contributed by atoms with Crippen LogP contribution < -0.4 is 0 Å². The van der Waals surface area contributed by atoms with Gasteiger partial charge in [0.15, 0.2) is 5.65 Å². The minimum Gasteiger partial charge on any atom is -0.455 e. The Hall–Kier alpha value is -3.18. The van der Waals surface area contributed by atoms with E-state index in [-0.39, 0.29) is 12.6 Å². The molecular weight excluding hydrogens is 362 g/mol. The van der Waals surface area contributed by atoms with Gasteiger partial charge in [0.2, 0.25) is 0 Å². The first-order valence-electron chi connectivity index (χ1n) is 8.54. The number of aromatic nitrogens is 3. The third-order valence-corrected chi connectivity index (χ3v) is 4.96. The molecule has 4 aromatic rings. The first-order chi connectivity index (χ1) is 13.1. The maximum Gasteiger partial charge on any atom is 0.341 e. The highest BCUT2D eigenvalue weighted by Crippen LogP contribution is 2.39. The number of cyclic esters (lactones) is 1. The number of aryl methyl sites for hydroxylation is 1. The summed E-state index contributed by atoms with van der Waals surface area (Å²) in [6.45, 7) is 2.08. The van der Waals surface area contributed by atoms with E-state index in [1.807, 2.05) is 66.2 Å². The molecule has 0 fully saturated rings. The Morgan fingerprint density at radius 1 is 1.07 bits per heavy atom. The molecule has 0 saturated heterocycles. The SMILES string of the molecule is Cc1nn(-c2ccccc2)c2nc3c(c(-c4cccc(Cl)c4)c12)C(=O)OC3. The van der Waals surface area contributed by atoms with Crippen LogP contribution in [0.2, 0.25) is 5.02 Å². The number of hydrogen-bond acceptors (Lipinski definition) is 4. The van der Waals surface area contributed by atoms with Crippen molar-refractivity contribution in [2.24, 2.45) is 0 Å². The summed E-state index contributed by atoms with van der Waals surface area (Å²) in [5, 5.41) is 6.14. The number of para-hydroxylation sites is 1. The smallest absolute Gasteiger partial charge is 0.341 e.